The Labute approximate surface area is 80.1 Å². The van der Waals surface area contributed by atoms with Crippen LogP contribution in [0.2, 0.25) is 0 Å². The summed E-state index contributed by atoms with van der Waals surface area (Å²) in [5.74, 6) is 0. The van der Waals surface area contributed by atoms with E-state index in [1.807, 2.05) is 23.6 Å². The Morgan fingerprint density at radius 1 is 1.23 bits per heavy atom. The number of rotatable bonds is 1. The van der Waals surface area contributed by atoms with Gasteiger partial charge in [0.2, 0.25) is 0 Å². The summed E-state index contributed by atoms with van der Waals surface area (Å²) in [5.41, 5.74) is 2.67. The first-order valence-corrected chi connectivity index (χ1v) is 4.73. The minimum absolute atomic E-state index is 0.457. The fourth-order valence-electron chi connectivity index (χ4n) is 1.06. The lowest BCUT2D eigenvalue weighted by molar-refractivity contribution is 1.27. The monoisotopic (exact) mass is 186 g/mol. The maximum Gasteiger partial charge on any atom is 0.140 e. The van der Waals surface area contributed by atoms with Crippen molar-refractivity contribution in [1.29, 1.82) is 5.26 Å². The van der Waals surface area contributed by atoms with E-state index in [-0.39, 0.29) is 0 Å². The molecule has 2 nitrogen and oxygen atoms in total. The molecule has 0 aliphatic carbocycles. The van der Waals surface area contributed by atoms with Gasteiger partial charge in [-0.1, -0.05) is 0 Å². The Kier molecular flexibility index (Phi) is 2.07. The van der Waals surface area contributed by atoms with Gasteiger partial charge in [0.1, 0.15) is 11.8 Å². The molecular weight excluding hydrogens is 180 g/mol. The number of nitriles is 1. The van der Waals surface area contributed by atoms with Crippen molar-refractivity contribution in [2.24, 2.45) is 0 Å². The third-order valence-electron chi connectivity index (χ3n) is 1.73. The summed E-state index contributed by atoms with van der Waals surface area (Å²) in [7, 11) is 0. The fraction of sp³-hybridized carbons (Fsp3) is 0. The fourth-order valence-corrected chi connectivity index (χ4v) is 1.72. The highest BCUT2D eigenvalue weighted by Crippen LogP contribution is 2.20. The van der Waals surface area contributed by atoms with Crippen LogP contribution >= 0.6 is 11.3 Å². The SMILES string of the molecule is N#Cc1ccc(-c2ccsc2)cn1. The van der Waals surface area contributed by atoms with E-state index in [1.54, 1.807) is 23.6 Å². The van der Waals surface area contributed by atoms with Crippen LogP contribution in [0.3, 0.4) is 0 Å². The lowest BCUT2D eigenvalue weighted by Gasteiger charge is -1.95. The molecule has 0 spiro atoms. The number of thiophene rings is 1. The molecule has 0 bridgehead atoms. The second-order valence-electron chi connectivity index (χ2n) is 2.56. The largest absolute Gasteiger partial charge is 0.245 e. The molecule has 2 rings (SSSR count). The van der Waals surface area contributed by atoms with E-state index in [0.717, 1.165) is 11.1 Å². The van der Waals surface area contributed by atoms with Crippen molar-refractivity contribution in [3.05, 3.63) is 40.8 Å². The molecule has 2 aromatic heterocycles. The summed E-state index contributed by atoms with van der Waals surface area (Å²) >= 11 is 1.65. The Morgan fingerprint density at radius 2 is 2.15 bits per heavy atom. The van der Waals surface area contributed by atoms with Crippen molar-refractivity contribution < 1.29 is 0 Å². The zero-order valence-corrected chi connectivity index (χ0v) is 7.58. The summed E-state index contributed by atoms with van der Waals surface area (Å²) in [5, 5.41) is 12.6. The van der Waals surface area contributed by atoms with Crippen molar-refractivity contribution in [2.75, 3.05) is 0 Å². The Balaban J connectivity index is 2.40. The van der Waals surface area contributed by atoms with Crippen LogP contribution in [0.5, 0.6) is 0 Å². The summed E-state index contributed by atoms with van der Waals surface area (Å²) in [4.78, 5) is 4.00. The minimum Gasteiger partial charge on any atom is -0.245 e. The van der Waals surface area contributed by atoms with Crippen molar-refractivity contribution in [2.45, 2.75) is 0 Å². The van der Waals surface area contributed by atoms with Gasteiger partial charge >= 0.3 is 0 Å². The van der Waals surface area contributed by atoms with Gasteiger partial charge in [-0.15, -0.1) is 0 Å². The van der Waals surface area contributed by atoms with Crippen LogP contribution in [0.1, 0.15) is 5.69 Å². The normalized spacial score (nSPS) is 9.46. The average Bonchev–Trinajstić information content (AvgIpc) is 2.71. The van der Waals surface area contributed by atoms with Crippen LogP contribution in [0.15, 0.2) is 35.2 Å². The minimum atomic E-state index is 0.457. The zero-order chi connectivity index (χ0) is 9.10. The third kappa shape index (κ3) is 1.58. The number of aromatic nitrogens is 1. The Bertz CT molecular complexity index is 423. The smallest absolute Gasteiger partial charge is 0.140 e. The summed E-state index contributed by atoms with van der Waals surface area (Å²) in [6.07, 6.45) is 1.72. The highest BCUT2D eigenvalue weighted by Gasteiger charge is 1.97. The van der Waals surface area contributed by atoms with Gasteiger partial charge in [0.15, 0.2) is 0 Å². The second kappa shape index (κ2) is 3.38. The quantitative estimate of drug-likeness (QED) is 0.686. The standard InChI is InChI=1S/C10H6N2S/c11-5-10-2-1-8(6-12-10)9-3-4-13-7-9/h1-4,6-7H. The molecule has 0 aromatic carbocycles. The Morgan fingerprint density at radius 3 is 2.69 bits per heavy atom. The van der Waals surface area contributed by atoms with E-state index < -0.39 is 0 Å². The first-order chi connectivity index (χ1) is 6.40. The van der Waals surface area contributed by atoms with E-state index in [2.05, 4.69) is 10.4 Å². The molecule has 62 valence electrons. The first-order valence-electron chi connectivity index (χ1n) is 3.79. The molecule has 0 aliphatic heterocycles. The topological polar surface area (TPSA) is 36.7 Å². The number of hydrogen-bond donors (Lipinski definition) is 0. The van der Waals surface area contributed by atoms with E-state index in [1.165, 1.54) is 0 Å². The molecular formula is C10H6N2S. The van der Waals surface area contributed by atoms with Gasteiger partial charge in [0, 0.05) is 11.8 Å². The highest BCUT2D eigenvalue weighted by atomic mass is 32.1. The molecule has 13 heavy (non-hydrogen) atoms. The van der Waals surface area contributed by atoms with E-state index in [4.69, 9.17) is 5.26 Å². The zero-order valence-electron chi connectivity index (χ0n) is 6.77. The molecule has 0 atom stereocenters. The van der Waals surface area contributed by atoms with Gasteiger partial charge in [-0.05, 0) is 34.5 Å². The predicted molar refractivity (Wildman–Crippen MR) is 52.3 cm³/mol. The maximum atomic E-state index is 8.55. The van der Waals surface area contributed by atoms with E-state index in [9.17, 15) is 0 Å². The summed E-state index contributed by atoms with van der Waals surface area (Å²) in [6, 6.07) is 7.67. The van der Waals surface area contributed by atoms with Gasteiger partial charge in [-0.2, -0.15) is 16.6 Å². The molecule has 0 N–H and O–H groups in total. The van der Waals surface area contributed by atoms with Crippen molar-refractivity contribution in [3.63, 3.8) is 0 Å². The predicted octanol–water partition coefficient (Wildman–Crippen LogP) is 2.68. The van der Waals surface area contributed by atoms with E-state index >= 15 is 0 Å². The van der Waals surface area contributed by atoms with Crippen LogP contribution in [0, 0.1) is 11.3 Å². The molecule has 0 amide bonds. The van der Waals surface area contributed by atoms with Crippen LogP contribution in [-0.4, -0.2) is 4.98 Å². The van der Waals surface area contributed by atoms with Gasteiger partial charge in [0.25, 0.3) is 0 Å². The molecule has 2 heterocycles. The number of nitrogens with zero attached hydrogens (tertiary/aromatic N) is 2. The Hall–Kier alpha value is -1.66. The number of hydrogen-bond acceptors (Lipinski definition) is 3. The van der Waals surface area contributed by atoms with Crippen molar-refractivity contribution in [3.8, 4) is 17.2 Å². The highest BCUT2D eigenvalue weighted by molar-refractivity contribution is 7.08. The van der Waals surface area contributed by atoms with Gasteiger partial charge in [-0.3, -0.25) is 0 Å². The molecule has 0 unspecified atom stereocenters. The molecule has 2 aromatic rings. The van der Waals surface area contributed by atoms with Crippen molar-refractivity contribution in [1.82, 2.24) is 4.98 Å². The van der Waals surface area contributed by atoms with Gasteiger partial charge in [-0.25, -0.2) is 4.98 Å². The average molecular weight is 186 g/mol. The van der Waals surface area contributed by atoms with Crippen LogP contribution in [0.4, 0.5) is 0 Å². The van der Waals surface area contributed by atoms with Crippen LogP contribution < -0.4 is 0 Å². The molecule has 0 radical (unpaired) electrons. The molecule has 0 fully saturated rings. The molecule has 0 saturated heterocycles. The molecule has 0 aliphatic rings. The molecule has 3 heteroatoms. The first kappa shape index (κ1) is 7.96. The van der Waals surface area contributed by atoms with Crippen molar-refractivity contribution >= 4 is 11.3 Å². The van der Waals surface area contributed by atoms with Gasteiger partial charge in [0.05, 0.1) is 0 Å². The lowest BCUT2D eigenvalue weighted by atomic mass is 10.1. The van der Waals surface area contributed by atoms with E-state index in [0.29, 0.717) is 5.69 Å². The summed E-state index contributed by atoms with van der Waals surface area (Å²) < 4.78 is 0. The van der Waals surface area contributed by atoms with Gasteiger partial charge < -0.3 is 0 Å². The van der Waals surface area contributed by atoms with Crippen LogP contribution in [-0.2, 0) is 0 Å². The third-order valence-corrected chi connectivity index (χ3v) is 2.42. The van der Waals surface area contributed by atoms with Crippen LogP contribution in [0.25, 0.3) is 11.1 Å². The number of pyridine rings is 1. The molecule has 0 saturated carbocycles. The summed E-state index contributed by atoms with van der Waals surface area (Å²) in [6.45, 7) is 0. The lowest BCUT2D eigenvalue weighted by Crippen LogP contribution is -1.81. The second-order valence-corrected chi connectivity index (χ2v) is 3.34. The maximum absolute atomic E-state index is 8.55.